The number of anilines is 1. The van der Waals surface area contributed by atoms with Crippen LogP contribution in [0, 0.1) is 6.92 Å². The maximum absolute atomic E-state index is 12.0. The summed E-state index contributed by atoms with van der Waals surface area (Å²) in [6, 6.07) is 7.56. The molecule has 2 fully saturated rings. The molecule has 2 aliphatic rings. The Morgan fingerprint density at radius 3 is 2.87 bits per heavy atom. The molecule has 3 amide bonds. The van der Waals surface area contributed by atoms with Crippen LogP contribution in [0.1, 0.15) is 5.56 Å². The first-order chi connectivity index (χ1) is 11.1. The number of benzene rings is 1. The smallest absolute Gasteiger partial charge is 0.414 e. The summed E-state index contributed by atoms with van der Waals surface area (Å²) in [4.78, 5) is 27.3. The van der Waals surface area contributed by atoms with Crippen molar-refractivity contribution in [2.24, 2.45) is 0 Å². The lowest BCUT2D eigenvalue weighted by atomic mass is 10.2. The molecule has 1 atom stereocenters. The van der Waals surface area contributed by atoms with E-state index in [2.05, 4.69) is 5.32 Å². The number of morpholine rings is 1. The molecular formula is C16H21N3O4. The molecule has 0 saturated carbocycles. The minimum absolute atomic E-state index is 0.140. The number of carbonyl (C=O) groups is 2. The molecule has 0 spiro atoms. The lowest BCUT2D eigenvalue weighted by Gasteiger charge is -2.27. The number of rotatable bonds is 3. The molecule has 0 aliphatic carbocycles. The number of cyclic esters (lactones) is 1. The van der Waals surface area contributed by atoms with Crippen LogP contribution < -0.4 is 10.2 Å². The van der Waals surface area contributed by atoms with Gasteiger partial charge in [0, 0.05) is 18.8 Å². The van der Waals surface area contributed by atoms with Crippen molar-refractivity contribution in [1.82, 2.24) is 10.2 Å². The number of carbonyl (C=O) groups excluding carboxylic acids is 2. The Labute approximate surface area is 135 Å². The van der Waals surface area contributed by atoms with Crippen molar-refractivity contribution in [3.63, 3.8) is 0 Å². The molecule has 1 aromatic rings. The molecule has 2 heterocycles. The van der Waals surface area contributed by atoms with Crippen LogP contribution in [0.15, 0.2) is 24.3 Å². The van der Waals surface area contributed by atoms with E-state index in [9.17, 15) is 9.59 Å². The summed E-state index contributed by atoms with van der Waals surface area (Å²) in [5, 5.41) is 2.83. The fraction of sp³-hybridized carbons (Fsp3) is 0.500. The highest BCUT2D eigenvalue weighted by atomic mass is 16.6. The predicted molar refractivity (Wildman–Crippen MR) is 84.6 cm³/mol. The lowest BCUT2D eigenvalue weighted by molar-refractivity contribution is 0.0523. The first-order valence-electron chi connectivity index (χ1n) is 7.79. The average molecular weight is 319 g/mol. The second-order valence-electron chi connectivity index (χ2n) is 5.74. The van der Waals surface area contributed by atoms with Crippen molar-refractivity contribution in [3.05, 3.63) is 29.8 Å². The molecule has 1 aromatic carbocycles. The van der Waals surface area contributed by atoms with Gasteiger partial charge >= 0.3 is 12.1 Å². The first kappa shape index (κ1) is 15.6. The highest BCUT2D eigenvalue weighted by Crippen LogP contribution is 2.22. The van der Waals surface area contributed by atoms with Gasteiger partial charge < -0.3 is 19.7 Å². The van der Waals surface area contributed by atoms with Gasteiger partial charge in [-0.25, -0.2) is 9.59 Å². The van der Waals surface area contributed by atoms with Gasteiger partial charge in [-0.05, 0) is 24.6 Å². The fourth-order valence-corrected chi connectivity index (χ4v) is 2.71. The van der Waals surface area contributed by atoms with E-state index in [1.165, 1.54) is 0 Å². The molecule has 7 heteroatoms. The molecule has 124 valence electrons. The molecule has 3 rings (SSSR count). The topological polar surface area (TPSA) is 71.1 Å². The summed E-state index contributed by atoms with van der Waals surface area (Å²) in [6.45, 7) is 5.03. The Kier molecular flexibility index (Phi) is 4.66. The molecule has 23 heavy (non-hydrogen) atoms. The number of hydrogen-bond acceptors (Lipinski definition) is 4. The van der Waals surface area contributed by atoms with Gasteiger partial charge in [-0.15, -0.1) is 0 Å². The van der Waals surface area contributed by atoms with Crippen molar-refractivity contribution in [2.45, 2.75) is 13.0 Å². The van der Waals surface area contributed by atoms with Crippen LogP contribution in [0.4, 0.5) is 15.3 Å². The SMILES string of the molecule is Cc1cccc(N2CC(CNC(=O)N3CCOCC3)OC2=O)c1. The van der Waals surface area contributed by atoms with E-state index in [4.69, 9.17) is 9.47 Å². The van der Waals surface area contributed by atoms with Crippen molar-refractivity contribution in [1.29, 1.82) is 0 Å². The van der Waals surface area contributed by atoms with Gasteiger partial charge in [0.05, 0.1) is 26.3 Å². The van der Waals surface area contributed by atoms with E-state index in [0.29, 0.717) is 39.4 Å². The Bertz CT molecular complexity index is 586. The summed E-state index contributed by atoms with van der Waals surface area (Å²) < 4.78 is 10.6. The number of hydrogen-bond donors (Lipinski definition) is 1. The molecule has 2 saturated heterocycles. The Hall–Kier alpha value is -2.28. The van der Waals surface area contributed by atoms with Gasteiger partial charge in [-0.3, -0.25) is 4.90 Å². The zero-order valence-corrected chi connectivity index (χ0v) is 13.2. The fourth-order valence-electron chi connectivity index (χ4n) is 2.71. The summed E-state index contributed by atoms with van der Waals surface area (Å²) in [6.07, 6.45) is -0.714. The minimum atomic E-state index is -0.374. The highest BCUT2D eigenvalue weighted by Gasteiger charge is 2.32. The van der Waals surface area contributed by atoms with E-state index < -0.39 is 0 Å². The van der Waals surface area contributed by atoms with Crippen LogP contribution in [0.25, 0.3) is 0 Å². The van der Waals surface area contributed by atoms with Crippen LogP contribution in [-0.2, 0) is 9.47 Å². The largest absolute Gasteiger partial charge is 0.442 e. The van der Waals surface area contributed by atoms with Gasteiger partial charge in [0.15, 0.2) is 0 Å². The predicted octanol–water partition coefficient (Wildman–Crippen LogP) is 1.36. The number of ether oxygens (including phenoxy) is 2. The standard InChI is InChI=1S/C16H21N3O4/c1-12-3-2-4-13(9-12)19-11-14(23-16(19)21)10-17-15(20)18-5-7-22-8-6-18/h2-4,9,14H,5-8,10-11H2,1H3,(H,17,20). The number of aryl methyl sites for hydroxylation is 1. The van der Waals surface area contributed by atoms with Gasteiger partial charge in [-0.1, -0.05) is 12.1 Å². The van der Waals surface area contributed by atoms with Gasteiger partial charge in [0.1, 0.15) is 6.10 Å². The third-order valence-electron chi connectivity index (χ3n) is 3.97. The monoisotopic (exact) mass is 319 g/mol. The second kappa shape index (κ2) is 6.87. The normalized spacial score (nSPS) is 21.3. The van der Waals surface area contributed by atoms with E-state index in [1.807, 2.05) is 31.2 Å². The molecule has 2 aliphatic heterocycles. The van der Waals surface area contributed by atoms with Crippen LogP contribution in [0.3, 0.4) is 0 Å². The summed E-state index contributed by atoms with van der Waals surface area (Å²) in [5.74, 6) is 0. The Morgan fingerprint density at radius 1 is 1.35 bits per heavy atom. The van der Waals surface area contributed by atoms with E-state index in [-0.39, 0.29) is 18.2 Å². The first-order valence-corrected chi connectivity index (χ1v) is 7.79. The Balaban J connectivity index is 1.52. The number of nitrogens with one attached hydrogen (secondary N) is 1. The summed E-state index contributed by atoms with van der Waals surface area (Å²) in [5.41, 5.74) is 1.90. The number of urea groups is 1. The van der Waals surface area contributed by atoms with Crippen LogP contribution in [-0.4, -0.2) is 62.5 Å². The van der Waals surface area contributed by atoms with Crippen molar-refractivity contribution in [2.75, 3.05) is 44.3 Å². The summed E-state index contributed by atoms with van der Waals surface area (Å²) in [7, 11) is 0. The second-order valence-corrected chi connectivity index (χ2v) is 5.74. The van der Waals surface area contributed by atoms with E-state index >= 15 is 0 Å². The van der Waals surface area contributed by atoms with Crippen LogP contribution in [0.2, 0.25) is 0 Å². The van der Waals surface area contributed by atoms with E-state index in [0.717, 1.165) is 11.3 Å². The minimum Gasteiger partial charge on any atom is -0.442 e. The number of nitrogens with zero attached hydrogens (tertiary/aromatic N) is 2. The molecule has 1 unspecified atom stereocenters. The average Bonchev–Trinajstić information content (AvgIpc) is 2.94. The zero-order valence-electron chi connectivity index (χ0n) is 13.2. The maximum atomic E-state index is 12.0. The molecular weight excluding hydrogens is 298 g/mol. The molecule has 1 N–H and O–H groups in total. The van der Waals surface area contributed by atoms with Crippen molar-refractivity contribution in [3.8, 4) is 0 Å². The highest BCUT2D eigenvalue weighted by molar-refractivity contribution is 5.89. The maximum Gasteiger partial charge on any atom is 0.414 e. The molecule has 0 radical (unpaired) electrons. The van der Waals surface area contributed by atoms with Crippen LogP contribution >= 0.6 is 0 Å². The lowest BCUT2D eigenvalue weighted by Crippen LogP contribution is -2.48. The quantitative estimate of drug-likeness (QED) is 0.913. The third kappa shape index (κ3) is 3.73. The zero-order chi connectivity index (χ0) is 16.2. The summed E-state index contributed by atoms with van der Waals surface area (Å²) >= 11 is 0. The molecule has 7 nitrogen and oxygen atoms in total. The van der Waals surface area contributed by atoms with Crippen molar-refractivity contribution >= 4 is 17.8 Å². The molecule has 0 aromatic heterocycles. The van der Waals surface area contributed by atoms with Gasteiger partial charge in [0.2, 0.25) is 0 Å². The molecule has 0 bridgehead atoms. The Morgan fingerprint density at radius 2 is 2.13 bits per heavy atom. The van der Waals surface area contributed by atoms with Crippen molar-refractivity contribution < 1.29 is 19.1 Å². The third-order valence-corrected chi connectivity index (χ3v) is 3.97. The van der Waals surface area contributed by atoms with Crippen LogP contribution in [0.5, 0.6) is 0 Å². The van der Waals surface area contributed by atoms with Gasteiger partial charge in [0.25, 0.3) is 0 Å². The van der Waals surface area contributed by atoms with Gasteiger partial charge in [-0.2, -0.15) is 0 Å². The number of amides is 3. The van der Waals surface area contributed by atoms with E-state index in [1.54, 1.807) is 9.80 Å².